The molecule has 1 amide bonds. The number of anilines is 1. The van der Waals surface area contributed by atoms with Gasteiger partial charge in [-0.15, -0.1) is 0 Å². The number of ether oxygens (including phenoxy) is 2. The molecule has 1 rings (SSSR count). The van der Waals surface area contributed by atoms with Crippen LogP contribution in [0.1, 0.15) is 6.92 Å². The largest absolute Gasteiger partial charge is 0.497 e. The Kier molecular flexibility index (Phi) is 4.60. The van der Waals surface area contributed by atoms with Crippen molar-refractivity contribution in [3.05, 3.63) is 18.2 Å². The van der Waals surface area contributed by atoms with Gasteiger partial charge in [0.15, 0.2) is 0 Å². The Bertz CT molecular complexity index is 366. The molecule has 16 heavy (non-hydrogen) atoms. The van der Waals surface area contributed by atoms with Gasteiger partial charge in [0.2, 0.25) is 5.91 Å². The number of carbonyl (C=O) groups excluding carboxylic acids is 1. The zero-order valence-corrected chi connectivity index (χ0v) is 9.45. The van der Waals surface area contributed by atoms with Crippen molar-refractivity contribution in [2.24, 2.45) is 5.73 Å². The van der Waals surface area contributed by atoms with Gasteiger partial charge >= 0.3 is 0 Å². The van der Waals surface area contributed by atoms with E-state index in [2.05, 4.69) is 5.32 Å². The maximum absolute atomic E-state index is 11.2. The van der Waals surface area contributed by atoms with Gasteiger partial charge in [-0.3, -0.25) is 4.79 Å². The van der Waals surface area contributed by atoms with Crippen LogP contribution in [-0.2, 0) is 4.79 Å². The molecule has 0 saturated carbocycles. The fourth-order valence-electron chi connectivity index (χ4n) is 1.22. The number of hydrogen-bond acceptors (Lipinski definition) is 4. The summed E-state index contributed by atoms with van der Waals surface area (Å²) in [6, 6.07) is 5.20. The third-order valence-electron chi connectivity index (χ3n) is 1.95. The summed E-state index contributed by atoms with van der Waals surface area (Å²) in [5, 5.41) is 2.65. The first kappa shape index (κ1) is 12.3. The van der Waals surface area contributed by atoms with Crippen LogP contribution in [0.4, 0.5) is 5.69 Å². The highest BCUT2D eigenvalue weighted by Crippen LogP contribution is 2.29. The predicted octanol–water partition coefficient (Wildman–Crippen LogP) is 0.991. The van der Waals surface area contributed by atoms with Crippen molar-refractivity contribution in [2.45, 2.75) is 6.92 Å². The highest BCUT2D eigenvalue weighted by molar-refractivity contribution is 5.93. The maximum Gasteiger partial charge on any atom is 0.238 e. The predicted molar refractivity (Wildman–Crippen MR) is 61.8 cm³/mol. The lowest BCUT2D eigenvalue weighted by Gasteiger charge is -2.12. The molecule has 0 saturated heterocycles. The van der Waals surface area contributed by atoms with Crippen LogP contribution >= 0.6 is 0 Å². The minimum atomic E-state index is -0.269. The number of carbonyl (C=O) groups is 1. The number of amides is 1. The molecule has 0 radical (unpaired) electrons. The van der Waals surface area contributed by atoms with E-state index in [0.29, 0.717) is 23.8 Å². The quantitative estimate of drug-likeness (QED) is 0.782. The Balaban J connectivity index is 2.95. The molecule has 0 heterocycles. The maximum atomic E-state index is 11.2. The van der Waals surface area contributed by atoms with E-state index in [1.165, 1.54) is 0 Å². The molecule has 1 aromatic rings. The Labute approximate surface area is 94.5 Å². The van der Waals surface area contributed by atoms with E-state index >= 15 is 0 Å². The van der Waals surface area contributed by atoms with Crippen LogP contribution < -0.4 is 20.5 Å². The van der Waals surface area contributed by atoms with E-state index in [1.54, 1.807) is 25.3 Å². The molecule has 0 unspecified atom stereocenters. The lowest BCUT2D eigenvalue weighted by Crippen LogP contribution is -2.22. The second-order valence-electron chi connectivity index (χ2n) is 3.05. The number of benzene rings is 1. The summed E-state index contributed by atoms with van der Waals surface area (Å²) >= 11 is 0. The standard InChI is InChI=1S/C11H16N2O3/c1-3-16-10-5-4-8(15-2)6-9(10)13-11(14)7-12/h4-6H,3,7,12H2,1-2H3,(H,13,14). The van der Waals surface area contributed by atoms with Gasteiger partial charge in [0.05, 0.1) is 25.9 Å². The molecule has 5 heteroatoms. The van der Waals surface area contributed by atoms with Crippen molar-refractivity contribution in [1.29, 1.82) is 0 Å². The number of nitrogens with two attached hydrogens (primary N) is 1. The monoisotopic (exact) mass is 224 g/mol. The normalized spacial score (nSPS) is 9.69. The fraction of sp³-hybridized carbons (Fsp3) is 0.364. The SMILES string of the molecule is CCOc1ccc(OC)cc1NC(=O)CN. The van der Waals surface area contributed by atoms with Crippen LogP contribution in [0.15, 0.2) is 18.2 Å². The summed E-state index contributed by atoms with van der Waals surface area (Å²) in [4.78, 5) is 11.2. The Hall–Kier alpha value is -1.75. The van der Waals surface area contributed by atoms with Crippen molar-refractivity contribution in [3.63, 3.8) is 0 Å². The van der Waals surface area contributed by atoms with Gasteiger partial charge in [0.25, 0.3) is 0 Å². The van der Waals surface area contributed by atoms with E-state index in [0.717, 1.165) is 0 Å². The molecule has 0 aromatic heterocycles. The minimum absolute atomic E-state index is 0.0667. The second kappa shape index (κ2) is 5.97. The Morgan fingerprint density at radius 1 is 1.50 bits per heavy atom. The van der Waals surface area contributed by atoms with Gasteiger partial charge in [-0.05, 0) is 19.1 Å². The molecule has 0 fully saturated rings. The van der Waals surface area contributed by atoms with Gasteiger partial charge in [-0.2, -0.15) is 0 Å². The van der Waals surface area contributed by atoms with Crippen LogP contribution in [0.5, 0.6) is 11.5 Å². The fourth-order valence-corrected chi connectivity index (χ4v) is 1.22. The van der Waals surface area contributed by atoms with Gasteiger partial charge < -0.3 is 20.5 Å². The van der Waals surface area contributed by atoms with Crippen molar-refractivity contribution < 1.29 is 14.3 Å². The van der Waals surface area contributed by atoms with E-state index in [4.69, 9.17) is 15.2 Å². The van der Waals surface area contributed by atoms with Crippen molar-refractivity contribution in [2.75, 3.05) is 25.6 Å². The summed E-state index contributed by atoms with van der Waals surface area (Å²) in [6.07, 6.45) is 0. The van der Waals surface area contributed by atoms with Gasteiger partial charge in [-0.1, -0.05) is 0 Å². The summed E-state index contributed by atoms with van der Waals surface area (Å²) in [5.41, 5.74) is 5.80. The van der Waals surface area contributed by atoms with Crippen molar-refractivity contribution in [1.82, 2.24) is 0 Å². The van der Waals surface area contributed by atoms with E-state index < -0.39 is 0 Å². The molecular formula is C11H16N2O3. The van der Waals surface area contributed by atoms with Crippen LogP contribution in [0, 0.1) is 0 Å². The van der Waals surface area contributed by atoms with Gasteiger partial charge in [0.1, 0.15) is 11.5 Å². The molecular weight excluding hydrogens is 208 g/mol. The molecule has 0 aliphatic heterocycles. The lowest BCUT2D eigenvalue weighted by molar-refractivity contribution is -0.114. The topological polar surface area (TPSA) is 73.6 Å². The second-order valence-corrected chi connectivity index (χ2v) is 3.05. The average Bonchev–Trinajstić information content (AvgIpc) is 2.31. The molecule has 88 valence electrons. The summed E-state index contributed by atoms with van der Waals surface area (Å²) in [7, 11) is 1.56. The molecule has 0 aliphatic carbocycles. The molecule has 3 N–H and O–H groups in total. The van der Waals surface area contributed by atoms with E-state index in [9.17, 15) is 4.79 Å². The van der Waals surface area contributed by atoms with Crippen LogP contribution in [-0.4, -0.2) is 26.2 Å². The van der Waals surface area contributed by atoms with Crippen LogP contribution in [0.3, 0.4) is 0 Å². The number of methoxy groups -OCH3 is 1. The number of nitrogens with one attached hydrogen (secondary N) is 1. The third kappa shape index (κ3) is 3.13. The number of rotatable bonds is 5. The summed E-state index contributed by atoms with van der Waals surface area (Å²) < 4.78 is 10.4. The smallest absolute Gasteiger partial charge is 0.238 e. The Morgan fingerprint density at radius 3 is 2.81 bits per heavy atom. The van der Waals surface area contributed by atoms with Crippen LogP contribution in [0.25, 0.3) is 0 Å². The van der Waals surface area contributed by atoms with Crippen molar-refractivity contribution >= 4 is 11.6 Å². The van der Waals surface area contributed by atoms with Gasteiger partial charge in [0, 0.05) is 6.07 Å². The third-order valence-corrected chi connectivity index (χ3v) is 1.95. The van der Waals surface area contributed by atoms with Crippen LogP contribution in [0.2, 0.25) is 0 Å². The highest BCUT2D eigenvalue weighted by Gasteiger charge is 2.08. The molecule has 0 bridgehead atoms. The van der Waals surface area contributed by atoms with Crippen molar-refractivity contribution in [3.8, 4) is 11.5 Å². The molecule has 0 atom stereocenters. The lowest BCUT2D eigenvalue weighted by atomic mass is 10.2. The molecule has 1 aromatic carbocycles. The zero-order chi connectivity index (χ0) is 12.0. The first-order chi connectivity index (χ1) is 7.71. The average molecular weight is 224 g/mol. The zero-order valence-electron chi connectivity index (χ0n) is 9.45. The van der Waals surface area contributed by atoms with E-state index in [-0.39, 0.29) is 12.5 Å². The molecule has 0 spiro atoms. The first-order valence-corrected chi connectivity index (χ1v) is 5.02. The number of hydrogen-bond donors (Lipinski definition) is 2. The summed E-state index contributed by atoms with van der Waals surface area (Å²) in [6.45, 7) is 2.33. The highest BCUT2D eigenvalue weighted by atomic mass is 16.5. The molecule has 5 nitrogen and oxygen atoms in total. The first-order valence-electron chi connectivity index (χ1n) is 5.02. The minimum Gasteiger partial charge on any atom is -0.497 e. The summed E-state index contributed by atoms with van der Waals surface area (Å²) in [5.74, 6) is 0.982. The van der Waals surface area contributed by atoms with Gasteiger partial charge in [-0.25, -0.2) is 0 Å². The Morgan fingerprint density at radius 2 is 2.25 bits per heavy atom. The van der Waals surface area contributed by atoms with E-state index in [1.807, 2.05) is 6.92 Å². The molecule has 0 aliphatic rings.